The SMILES string of the molecule is COC(C)COc1ccc([N+](=O)[O-])cc1CCl. The van der Waals surface area contributed by atoms with Crippen LogP contribution in [0.1, 0.15) is 12.5 Å². The molecule has 0 saturated heterocycles. The predicted octanol–water partition coefficient (Wildman–Crippen LogP) is 2.75. The van der Waals surface area contributed by atoms with Crippen LogP contribution in [0.15, 0.2) is 18.2 Å². The molecule has 0 aliphatic carbocycles. The summed E-state index contributed by atoms with van der Waals surface area (Å²) >= 11 is 5.72. The third-order valence-electron chi connectivity index (χ3n) is 2.27. The first-order valence-corrected chi connectivity index (χ1v) is 5.60. The van der Waals surface area contributed by atoms with Gasteiger partial charge in [0.15, 0.2) is 0 Å². The number of nitrogens with zero attached hydrogens (tertiary/aromatic N) is 1. The summed E-state index contributed by atoms with van der Waals surface area (Å²) in [6, 6.07) is 4.36. The number of benzene rings is 1. The molecule has 0 spiro atoms. The molecule has 1 atom stereocenters. The van der Waals surface area contributed by atoms with Crippen LogP contribution in [0.3, 0.4) is 0 Å². The number of nitro groups is 1. The molecule has 1 unspecified atom stereocenters. The normalized spacial score (nSPS) is 12.2. The van der Waals surface area contributed by atoms with Gasteiger partial charge in [0.25, 0.3) is 5.69 Å². The van der Waals surface area contributed by atoms with Gasteiger partial charge in [0.05, 0.1) is 16.9 Å². The maximum absolute atomic E-state index is 10.6. The van der Waals surface area contributed by atoms with E-state index < -0.39 is 4.92 Å². The first-order valence-electron chi connectivity index (χ1n) is 5.07. The second-order valence-electron chi connectivity index (χ2n) is 3.54. The molecule has 94 valence electrons. The summed E-state index contributed by atoms with van der Waals surface area (Å²) in [5, 5.41) is 10.6. The first kappa shape index (κ1) is 13.7. The monoisotopic (exact) mass is 259 g/mol. The zero-order valence-corrected chi connectivity index (χ0v) is 10.4. The summed E-state index contributed by atoms with van der Waals surface area (Å²) < 4.78 is 10.5. The van der Waals surface area contributed by atoms with Crippen molar-refractivity contribution in [1.29, 1.82) is 0 Å². The molecule has 0 aliphatic rings. The summed E-state index contributed by atoms with van der Waals surface area (Å²) in [6.45, 7) is 2.24. The molecule has 1 aromatic rings. The van der Waals surface area contributed by atoms with Gasteiger partial charge in [0, 0.05) is 24.8 Å². The molecular weight excluding hydrogens is 246 g/mol. The van der Waals surface area contributed by atoms with Crippen LogP contribution in [0.4, 0.5) is 5.69 Å². The van der Waals surface area contributed by atoms with E-state index in [1.54, 1.807) is 13.2 Å². The molecule has 0 aromatic heterocycles. The van der Waals surface area contributed by atoms with E-state index in [1.165, 1.54) is 12.1 Å². The second kappa shape index (κ2) is 6.42. The highest BCUT2D eigenvalue weighted by Crippen LogP contribution is 2.25. The van der Waals surface area contributed by atoms with E-state index >= 15 is 0 Å². The van der Waals surface area contributed by atoms with E-state index in [9.17, 15) is 10.1 Å². The standard InChI is InChI=1S/C11H14ClNO4/c1-8(16-2)7-17-11-4-3-10(13(14)15)5-9(11)6-12/h3-5,8H,6-7H2,1-2H3. The van der Waals surface area contributed by atoms with Gasteiger partial charge in [-0.1, -0.05) is 0 Å². The van der Waals surface area contributed by atoms with Crippen LogP contribution >= 0.6 is 11.6 Å². The van der Waals surface area contributed by atoms with Gasteiger partial charge in [-0.15, -0.1) is 11.6 Å². The summed E-state index contributed by atoms with van der Waals surface area (Å²) in [6.07, 6.45) is -0.0478. The van der Waals surface area contributed by atoms with Crippen molar-refractivity contribution in [3.8, 4) is 5.75 Å². The average Bonchev–Trinajstić information content (AvgIpc) is 2.35. The lowest BCUT2D eigenvalue weighted by molar-refractivity contribution is -0.384. The lowest BCUT2D eigenvalue weighted by Crippen LogP contribution is -2.16. The molecule has 0 amide bonds. The maximum Gasteiger partial charge on any atom is 0.270 e. The molecule has 0 aliphatic heterocycles. The Bertz CT molecular complexity index is 397. The van der Waals surface area contributed by atoms with Gasteiger partial charge in [-0.2, -0.15) is 0 Å². The van der Waals surface area contributed by atoms with Gasteiger partial charge in [-0.05, 0) is 13.0 Å². The van der Waals surface area contributed by atoms with Crippen LogP contribution < -0.4 is 4.74 Å². The Labute approximate surface area is 104 Å². The van der Waals surface area contributed by atoms with Gasteiger partial charge in [-0.25, -0.2) is 0 Å². The number of alkyl halides is 1. The third kappa shape index (κ3) is 3.87. The van der Waals surface area contributed by atoms with Crippen molar-refractivity contribution in [2.75, 3.05) is 13.7 Å². The fourth-order valence-corrected chi connectivity index (χ4v) is 1.41. The van der Waals surface area contributed by atoms with E-state index in [1.807, 2.05) is 6.92 Å². The van der Waals surface area contributed by atoms with Gasteiger partial charge in [0.2, 0.25) is 0 Å². The number of ether oxygens (including phenoxy) is 2. The highest BCUT2D eigenvalue weighted by atomic mass is 35.5. The molecule has 6 heteroatoms. The molecule has 1 aromatic carbocycles. The van der Waals surface area contributed by atoms with Crippen LogP contribution in [0.2, 0.25) is 0 Å². The van der Waals surface area contributed by atoms with E-state index in [4.69, 9.17) is 21.1 Å². The van der Waals surface area contributed by atoms with Crippen LogP contribution in [0.5, 0.6) is 5.75 Å². The maximum atomic E-state index is 10.6. The third-order valence-corrected chi connectivity index (χ3v) is 2.56. The highest BCUT2D eigenvalue weighted by molar-refractivity contribution is 6.17. The Hall–Kier alpha value is -1.33. The van der Waals surface area contributed by atoms with Crippen LogP contribution in [0, 0.1) is 10.1 Å². The quantitative estimate of drug-likeness (QED) is 0.448. The van der Waals surface area contributed by atoms with Gasteiger partial charge < -0.3 is 9.47 Å². The van der Waals surface area contributed by atoms with Crippen LogP contribution in [0.25, 0.3) is 0 Å². The zero-order valence-electron chi connectivity index (χ0n) is 9.68. The van der Waals surface area contributed by atoms with Crippen LogP contribution in [-0.4, -0.2) is 24.7 Å². The molecule has 0 bridgehead atoms. The Morgan fingerprint density at radius 2 is 2.24 bits per heavy atom. The second-order valence-corrected chi connectivity index (χ2v) is 3.81. The number of halogens is 1. The average molecular weight is 260 g/mol. The zero-order chi connectivity index (χ0) is 12.8. The van der Waals surface area contributed by atoms with Gasteiger partial charge >= 0.3 is 0 Å². The van der Waals surface area contributed by atoms with Crippen molar-refractivity contribution in [2.24, 2.45) is 0 Å². The number of methoxy groups -OCH3 is 1. The molecule has 0 fully saturated rings. The fraction of sp³-hybridized carbons (Fsp3) is 0.455. The molecule has 17 heavy (non-hydrogen) atoms. The van der Waals surface area contributed by atoms with E-state index in [2.05, 4.69) is 0 Å². The number of hydrogen-bond donors (Lipinski definition) is 0. The Kier molecular flexibility index (Phi) is 5.18. The smallest absolute Gasteiger partial charge is 0.270 e. The molecular formula is C11H14ClNO4. The van der Waals surface area contributed by atoms with E-state index in [0.29, 0.717) is 17.9 Å². The fourth-order valence-electron chi connectivity index (χ4n) is 1.20. The minimum Gasteiger partial charge on any atom is -0.491 e. The summed E-state index contributed by atoms with van der Waals surface area (Å²) in [4.78, 5) is 10.1. The Morgan fingerprint density at radius 3 is 2.76 bits per heavy atom. The van der Waals surface area contributed by atoms with E-state index in [-0.39, 0.29) is 17.7 Å². The van der Waals surface area contributed by atoms with Crippen molar-refractivity contribution < 1.29 is 14.4 Å². The van der Waals surface area contributed by atoms with Gasteiger partial charge in [0.1, 0.15) is 12.4 Å². The highest BCUT2D eigenvalue weighted by Gasteiger charge is 2.11. The summed E-state index contributed by atoms with van der Waals surface area (Å²) in [5.74, 6) is 0.716. The molecule has 0 heterocycles. The Balaban J connectivity index is 2.82. The lowest BCUT2D eigenvalue weighted by atomic mass is 10.2. The molecule has 1 rings (SSSR count). The number of rotatable bonds is 6. The van der Waals surface area contributed by atoms with Crippen molar-refractivity contribution in [3.05, 3.63) is 33.9 Å². The summed E-state index contributed by atoms with van der Waals surface area (Å²) in [7, 11) is 1.59. The Morgan fingerprint density at radius 1 is 1.53 bits per heavy atom. The lowest BCUT2D eigenvalue weighted by Gasteiger charge is -2.13. The van der Waals surface area contributed by atoms with Crippen molar-refractivity contribution in [3.63, 3.8) is 0 Å². The minimum absolute atomic E-state index is 0.00721. The predicted molar refractivity (Wildman–Crippen MR) is 64.6 cm³/mol. The number of hydrogen-bond acceptors (Lipinski definition) is 4. The van der Waals surface area contributed by atoms with Crippen molar-refractivity contribution in [2.45, 2.75) is 18.9 Å². The van der Waals surface area contributed by atoms with Crippen LogP contribution in [-0.2, 0) is 10.6 Å². The molecule has 0 radical (unpaired) electrons. The van der Waals surface area contributed by atoms with Crippen molar-refractivity contribution in [1.82, 2.24) is 0 Å². The first-order chi connectivity index (χ1) is 8.08. The molecule has 0 N–H and O–H groups in total. The van der Waals surface area contributed by atoms with Crippen molar-refractivity contribution >= 4 is 17.3 Å². The number of non-ortho nitro benzene ring substituents is 1. The number of nitro benzene ring substituents is 1. The van der Waals surface area contributed by atoms with E-state index in [0.717, 1.165) is 0 Å². The molecule has 5 nitrogen and oxygen atoms in total. The topological polar surface area (TPSA) is 61.6 Å². The minimum atomic E-state index is -0.461. The van der Waals surface area contributed by atoms with Gasteiger partial charge in [-0.3, -0.25) is 10.1 Å². The molecule has 0 saturated carbocycles. The summed E-state index contributed by atoms with van der Waals surface area (Å²) in [5.41, 5.74) is 0.608. The largest absolute Gasteiger partial charge is 0.491 e.